The van der Waals surface area contributed by atoms with E-state index in [4.69, 9.17) is 18.9 Å². The largest absolute Gasteiger partial charge is 0.497 e. The first kappa shape index (κ1) is 16.1. The molecule has 0 N–H and O–H groups in total. The van der Waals surface area contributed by atoms with Crippen molar-refractivity contribution in [2.24, 2.45) is 0 Å². The van der Waals surface area contributed by atoms with Crippen molar-refractivity contribution in [1.82, 2.24) is 4.90 Å². The number of benzene rings is 2. The van der Waals surface area contributed by atoms with Crippen molar-refractivity contribution < 1.29 is 18.9 Å². The van der Waals surface area contributed by atoms with E-state index in [1.54, 1.807) is 14.2 Å². The number of ether oxygens (including phenoxy) is 4. The molecule has 2 aromatic carbocycles. The highest BCUT2D eigenvalue weighted by Crippen LogP contribution is 2.41. The van der Waals surface area contributed by atoms with Crippen molar-refractivity contribution in [2.45, 2.75) is 18.9 Å². The van der Waals surface area contributed by atoms with E-state index in [-0.39, 0.29) is 6.04 Å². The van der Waals surface area contributed by atoms with Crippen LogP contribution in [0, 0.1) is 0 Å². The molecule has 2 aliphatic heterocycles. The lowest BCUT2D eigenvalue weighted by atomic mass is 9.88. The summed E-state index contributed by atoms with van der Waals surface area (Å²) in [7, 11) is 5.59. The fraction of sp³-hybridized carbons (Fsp3) is 0.400. The first-order chi connectivity index (χ1) is 12.2. The highest BCUT2D eigenvalue weighted by Gasteiger charge is 2.29. The molecule has 0 aromatic heterocycles. The van der Waals surface area contributed by atoms with Crippen LogP contribution in [0.5, 0.6) is 23.0 Å². The van der Waals surface area contributed by atoms with Gasteiger partial charge in [-0.15, -0.1) is 0 Å². The van der Waals surface area contributed by atoms with E-state index in [0.29, 0.717) is 6.79 Å². The number of hydrogen-bond acceptors (Lipinski definition) is 5. The van der Waals surface area contributed by atoms with Crippen LogP contribution < -0.4 is 18.9 Å². The molecule has 0 aliphatic carbocycles. The fourth-order valence-electron chi connectivity index (χ4n) is 3.75. The molecule has 0 spiro atoms. The van der Waals surface area contributed by atoms with E-state index in [0.717, 1.165) is 42.4 Å². The number of likely N-dealkylation sites (N-methyl/N-ethyl adjacent to an activating group) is 1. The van der Waals surface area contributed by atoms with Crippen LogP contribution in [0.1, 0.15) is 22.7 Å². The molecular formula is C20H23NO4. The summed E-state index contributed by atoms with van der Waals surface area (Å²) >= 11 is 0. The minimum absolute atomic E-state index is 0.255. The van der Waals surface area contributed by atoms with E-state index in [9.17, 15) is 0 Å². The Morgan fingerprint density at radius 3 is 2.72 bits per heavy atom. The molecule has 132 valence electrons. The highest BCUT2D eigenvalue weighted by molar-refractivity contribution is 5.51. The van der Waals surface area contributed by atoms with Crippen LogP contribution >= 0.6 is 0 Å². The Hall–Kier alpha value is -2.40. The molecule has 0 saturated carbocycles. The average molecular weight is 341 g/mol. The summed E-state index contributed by atoms with van der Waals surface area (Å²) in [6.45, 7) is 1.32. The molecule has 4 rings (SSSR count). The summed E-state index contributed by atoms with van der Waals surface area (Å²) in [6.07, 6.45) is 1.89. The van der Waals surface area contributed by atoms with E-state index in [1.165, 1.54) is 16.7 Å². The van der Waals surface area contributed by atoms with Gasteiger partial charge in [0.25, 0.3) is 0 Å². The standard InChI is InChI=1S/C20H23NO4/c1-21-7-6-14-10-15(22-2)11-19(23-3)20(14)16(21)8-13-4-5-17-18(9-13)25-12-24-17/h4-5,9-11,16H,6-8,12H2,1-3H3. The Morgan fingerprint density at radius 1 is 1.08 bits per heavy atom. The SMILES string of the molecule is COc1cc2c(c(OC)c1)C(Cc1ccc3c(c1)OCO3)N(C)CC2. The van der Waals surface area contributed by atoms with Crippen molar-refractivity contribution in [1.29, 1.82) is 0 Å². The lowest BCUT2D eigenvalue weighted by molar-refractivity contribution is 0.174. The molecule has 25 heavy (non-hydrogen) atoms. The average Bonchev–Trinajstić information content (AvgIpc) is 3.10. The molecule has 0 amide bonds. The number of hydrogen-bond donors (Lipinski definition) is 0. The number of rotatable bonds is 4. The third kappa shape index (κ3) is 2.89. The maximum atomic E-state index is 5.69. The van der Waals surface area contributed by atoms with Gasteiger partial charge in [-0.3, -0.25) is 4.90 Å². The summed E-state index contributed by atoms with van der Waals surface area (Å²) in [5, 5.41) is 0. The Kier molecular flexibility index (Phi) is 4.17. The minimum atomic E-state index is 0.255. The quantitative estimate of drug-likeness (QED) is 0.854. The van der Waals surface area contributed by atoms with Crippen molar-refractivity contribution in [3.8, 4) is 23.0 Å². The lowest BCUT2D eigenvalue weighted by Gasteiger charge is -2.36. The second kappa shape index (κ2) is 6.48. The van der Waals surface area contributed by atoms with E-state index in [2.05, 4.69) is 30.1 Å². The van der Waals surface area contributed by atoms with Crippen LogP contribution in [0.15, 0.2) is 30.3 Å². The third-order valence-electron chi connectivity index (χ3n) is 5.12. The summed E-state index contributed by atoms with van der Waals surface area (Å²) in [6, 6.07) is 10.6. The molecule has 2 heterocycles. The van der Waals surface area contributed by atoms with Crippen LogP contribution in [0.25, 0.3) is 0 Å². The second-order valence-electron chi connectivity index (χ2n) is 6.54. The summed E-state index contributed by atoms with van der Waals surface area (Å²) < 4.78 is 22.1. The first-order valence-corrected chi connectivity index (χ1v) is 8.53. The van der Waals surface area contributed by atoms with Gasteiger partial charge in [0.05, 0.1) is 14.2 Å². The van der Waals surface area contributed by atoms with Gasteiger partial charge in [0.15, 0.2) is 11.5 Å². The molecule has 1 unspecified atom stereocenters. The topological polar surface area (TPSA) is 40.2 Å². The Morgan fingerprint density at radius 2 is 1.92 bits per heavy atom. The molecule has 0 saturated heterocycles. The number of methoxy groups -OCH3 is 2. The van der Waals surface area contributed by atoms with E-state index < -0.39 is 0 Å². The van der Waals surface area contributed by atoms with Gasteiger partial charge < -0.3 is 18.9 Å². The number of nitrogens with zero attached hydrogens (tertiary/aromatic N) is 1. The molecular weight excluding hydrogens is 318 g/mol. The Balaban J connectivity index is 1.70. The summed E-state index contributed by atoms with van der Waals surface area (Å²) in [5.41, 5.74) is 3.79. The van der Waals surface area contributed by atoms with Crippen molar-refractivity contribution >= 4 is 0 Å². The zero-order valence-electron chi connectivity index (χ0n) is 14.9. The van der Waals surface area contributed by atoms with Gasteiger partial charge in [0.1, 0.15) is 11.5 Å². The first-order valence-electron chi connectivity index (χ1n) is 8.53. The summed E-state index contributed by atoms with van der Waals surface area (Å²) in [4.78, 5) is 2.39. The Bertz CT molecular complexity index is 772. The van der Waals surface area contributed by atoms with Crippen molar-refractivity contribution in [2.75, 3.05) is 34.6 Å². The zero-order chi connectivity index (χ0) is 17.4. The molecule has 2 aromatic rings. The molecule has 5 nitrogen and oxygen atoms in total. The molecule has 0 fully saturated rings. The predicted molar refractivity (Wildman–Crippen MR) is 94.9 cm³/mol. The predicted octanol–water partition coefficient (Wildman–Crippen LogP) is 3.20. The highest BCUT2D eigenvalue weighted by atomic mass is 16.7. The van der Waals surface area contributed by atoms with Crippen LogP contribution in [0.2, 0.25) is 0 Å². The van der Waals surface area contributed by atoms with Crippen LogP contribution in [-0.4, -0.2) is 39.5 Å². The van der Waals surface area contributed by atoms with Gasteiger partial charge >= 0.3 is 0 Å². The smallest absolute Gasteiger partial charge is 0.231 e. The molecule has 0 bridgehead atoms. The molecule has 1 atom stereocenters. The lowest BCUT2D eigenvalue weighted by Crippen LogP contribution is -2.33. The summed E-state index contributed by atoms with van der Waals surface area (Å²) in [5.74, 6) is 3.40. The molecule has 0 radical (unpaired) electrons. The van der Waals surface area contributed by atoms with Gasteiger partial charge in [-0.05, 0) is 49.2 Å². The van der Waals surface area contributed by atoms with Crippen LogP contribution in [-0.2, 0) is 12.8 Å². The normalized spacial score (nSPS) is 18.8. The zero-order valence-corrected chi connectivity index (χ0v) is 14.9. The maximum absolute atomic E-state index is 5.69. The van der Waals surface area contributed by atoms with Gasteiger partial charge in [-0.2, -0.15) is 0 Å². The van der Waals surface area contributed by atoms with Crippen molar-refractivity contribution in [3.05, 3.63) is 47.0 Å². The van der Waals surface area contributed by atoms with Gasteiger partial charge in [0.2, 0.25) is 6.79 Å². The van der Waals surface area contributed by atoms with Gasteiger partial charge in [0, 0.05) is 24.2 Å². The van der Waals surface area contributed by atoms with Crippen LogP contribution in [0.4, 0.5) is 0 Å². The van der Waals surface area contributed by atoms with Gasteiger partial charge in [-0.1, -0.05) is 6.07 Å². The third-order valence-corrected chi connectivity index (χ3v) is 5.12. The Labute approximate surface area is 148 Å². The maximum Gasteiger partial charge on any atom is 0.231 e. The van der Waals surface area contributed by atoms with Crippen molar-refractivity contribution in [3.63, 3.8) is 0 Å². The van der Waals surface area contributed by atoms with E-state index in [1.807, 2.05) is 12.1 Å². The second-order valence-corrected chi connectivity index (χ2v) is 6.54. The minimum Gasteiger partial charge on any atom is -0.497 e. The fourth-order valence-corrected chi connectivity index (χ4v) is 3.75. The van der Waals surface area contributed by atoms with E-state index >= 15 is 0 Å². The van der Waals surface area contributed by atoms with Crippen LogP contribution in [0.3, 0.4) is 0 Å². The van der Waals surface area contributed by atoms with Gasteiger partial charge in [-0.25, -0.2) is 0 Å². The molecule has 2 aliphatic rings. The monoisotopic (exact) mass is 341 g/mol. The molecule has 5 heteroatoms. The number of fused-ring (bicyclic) bond motifs is 2.